The fourth-order valence-corrected chi connectivity index (χ4v) is 2.25. The van der Waals surface area contributed by atoms with E-state index in [1.54, 1.807) is 14.0 Å². The molecular weight excluding hydrogens is 242 g/mol. The van der Waals surface area contributed by atoms with E-state index in [-0.39, 0.29) is 11.7 Å². The van der Waals surface area contributed by atoms with E-state index in [1.165, 1.54) is 4.31 Å². The number of nitrogens with zero attached hydrogens (tertiary/aromatic N) is 1. The minimum absolute atomic E-state index is 0.0990. The van der Waals surface area contributed by atoms with Crippen molar-refractivity contribution in [1.29, 1.82) is 0 Å². The molecule has 1 amide bonds. The summed E-state index contributed by atoms with van der Waals surface area (Å²) in [5.41, 5.74) is 5.05. The van der Waals surface area contributed by atoms with Crippen molar-refractivity contribution >= 4 is 15.9 Å². The van der Waals surface area contributed by atoms with Crippen LogP contribution >= 0.6 is 0 Å². The van der Waals surface area contributed by atoms with Crippen LogP contribution in [0.2, 0.25) is 0 Å². The number of hydrogen-bond donors (Lipinski definition) is 2. The molecule has 0 aromatic rings. The van der Waals surface area contributed by atoms with Crippen LogP contribution in [0.15, 0.2) is 0 Å². The highest BCUT2D eigenvalue weighted by Crippen LogP contribution is 2.31. The van der Waals surface area contributed by atoms with Crippen molar-refractivity contribution in [3.05, 3.63) is 0 Å². The summed E-state index contributed by atoms with van der Waals surface area (Å²) in [5.74, 6) is -0.0274. The van der Waals surface area contributed by atoms with Crippen LogP contribution in [0.1, 0.15) is 26.2 Å². The van der Waals surface area contributed by atoms with Crippen LogP contribution in [0.5, 0.6) is 0 Å². The molecule has 0 bridgehead atoms. The Balaban J connectivity index is 2.18. The molecule has 17 heavy (non-hydrogen) atoms. The first kappa shape index (κ1) is 14.4. The summed E-state index contributed by atoms with van der Waals surface area (Å²) in [6.45, 7) is 2.48. The smallest absolute Gasteiger partial charge is 0.240 e. The quantitative estimate of drug-likeness (QED) is 0.592. The van der Waals surface area contributed by atoms with Crippen molar-refractivity contribution in [3.63, 3.8) is 0 Å². The monoisotopic (exact) mass is 263 g/mol. The molecule has 0 aromatic carbocycles. The lowest BCUT2D eigenvalue weighted by atomic mass is 10.2. The molecule has 0 aliphatic heterocycles. The Hall–Kier alpha value is -0.660. The van der Waals surface area contributed by atoms with Gasteiger partial charge in [-0.1, -0.05) is 0 Å². The Bertz CT molecular complexity index is 376. The first-order valence-corrected chi connectivity index (χ1v) is 7.44. The molecule has 1 aliphatic rings. The van der Waals surface area contributed by atoms with Crippen molar-refractivity contribution in [2.45, 2.75) is 31.7 Å². The summed E-state index contributed by atoms with van der Waals surface area (Å²) in [6, 6.07) is 0. The number of carbonyl (C=O) groups is 1. The maximum atomic E-state index is 11.5. The third kappa shape index (κ3) is 3.93. The molecule has 6 nitrogen and oxygen atoms in total. The SMILES string of the molecule is CCS(=O)(=O)N(C)CCCNC(=O)C1(N)CC1. The van der Waals surface area contributed by atoms with Gasteiger partial charge in [-0.25, -0.2) is 12.7 Å². The molecule has 1 fully saturated rings. The van der Waals surface area contributed by atoms with Crippen molar-refractivity contribution in [1.82, 2.24) is 9.62 Å². The second-order valence-electron chi connectivity index (χ2n) is 4.49. The van der Waals surface area contributed by atoms with Crippen molar-refractivity contribution in [2.75, 3.05) is 25.9 Å². The second kappa shape index (κ2) is 5.32. The third-order valence-corrected chi connectivity index (χ3v) is 4.88. The average molecular weight is 263 g/mol. The van der Waals surface area contributed by atoms with Crippen LogP contribution in [0, 0.1) is 0 Å². The zero-order chi connectivity index (χ0) is 13.1. The van der Waals surface area contributed by atoms with Crippen LogP contribution < -0.4 is 11.1 Å². The fraction of sp³-hybridized carbons (Fsp3) is 0.900. The zero-order valence-electron chi connectivity index (χ0n) is 10.4. The minimum Gasteiger partial charge on any atom is -0.354 e. The van der Waals surface area contributed by atoms with Gasteiger partial charge >= 0.3 is 0 Å². The lowest BCUT2D eigenvalue weighted by Crippen LogP contribution is -2.43. The fourth-order valence-electron chi connectivity index (χ4n) is 1.40. The molecule has 1 aliphatic carbocycles. The first-order valence-electron chi connectivity index (χ1n) is 5.83. The summed E-state index contributed by atoms with van der Waals surface area (Å²) in [6.07, 6.45) is 2.07. The van der Waals surface area contributed by atoms with E-state index in [1.807, 2.05) is 0 Å². The minimum atomic E-state index is -3.12. The molecule has 0 spiro atoms. The average Bonchev–Trinajstić information content (AvgIpc) is 3.03. The normalized spacial score (nSPS) is 18.1. The first-order chi connectivity index (χ1) is 7.82. The summed E-state index contributed by atoms with van der Waals surface area (Å²) in [7, 11) is -1.57. The topological polar surface area (TPSA) is 92.5 Å². The molecule has 0 radical (unpaired) electrons. The van der Waals surface area contributed by atoms with Crippen LogP contribution in [-0.4, -0.2) is 50.1 Å². The van der Waals surface area contributed by atoms with E-state index in [2.05, 4.69) is 5.32 Å². The summed E-state index contributed by atoms with van der Waals surface area (Å²) in [4.78, 5) is 11.5. The lowest BCUT2D eigenvalue weighted by molar-refractivity contribution is -0.123. The molecule has 1 saturated carbocycles. The maximum absolute atomic E-state index is 11.5. The van der Waals surface area contributed by atoms with Gasteiger partial charge in [-0.05, 0) is 26.2 Å². The molecule has 3 N–H and O–H groups in total. The third-order valence-electron chi connectivity index (χ3n) is 3.02. The van der Waals surface area contributed by atoms with Gasteiger partial charge in [0.05, 0.1) is 11.3 Å². The van der Waals surface area contributed by atoms with Crippen LogP contribution in [0.3, 0.4) is 0 Å². The van der Waals surface area contributed by atoms with E-state index in [4.69, 9.17) is 5.73 Å². The van der Waals surface area contributed by atoms with Crippen molar-refractivity contribution < 1.29 is 13.2 Å². The molecule has 0 heterocycles. The Kier molecular flexibility index (Phi) is 4.51. The largest absolute Gasteiger partial charge is 0.354 e. The highest BCUT2D eigenvalue weighted by atomic mass is 32.2. The van der Waals surface area contributed by atoms with Gasteiger partial charge in [-0.15, -0.1) is 0 Å². The van der Waals surface area contributed by atoms with Gasteiger partial charge in [0.15, 0.2) is 0 Å². The molecule has 0 unspecified atom stereocenters. The predicted octanol–water partition coefficient (Wildman–Crippen LogP) is -0.734. The maximum Gasteiger partial charge on any atom is 0.240 e. The Morgan fingerprint density at radius 2 is 2.06 bits per heavy atom. The number of nitrogens with two attached hydrogens (primary N) is 1. The number of carbonyl (C=O) groups excluding carboxylic acids is 1. The predicted molar refractivity (Wildman–Crippen MR) is 65.9 cm³/mol. The van der Waals surface area contributed by atoms with Crippen LogP contribution in [0.25, 0.3) is 0 Å². The standard InChI is InChI=1S/C10H21N3O3S/c1-3-17(15,16)13(2)8-4-7-12-9(14)10(11)5-6-10/h3-8,11H2,1-2H3,(H,12,14). The molecule has 7 heteroatoms. The van der Waals surface area contributed by atoms with E-state index < -0.39 is 15.6 Å². The van der Waals surface area contributed by atoms with Crippen molar-refractivity contribution in [3.8, 4) is 0 Å². The Labute approximate surface area is 103 Å². The number of nitrogens with one attached hydrogen (secondary N) is 1. The molecular formula is C10H21N3O3S. The van der Waals surface area contributed by atoms with E-state index in [0.717, 1.165) is 12.8 Å². The van der Waals surface area contributed by atoms with Gasteiger partial charge in [0, 0.05) is 20.1 Å². The number of sulfonamides is 1. The van der Waals surface area contributed by atoms with Gasteiger partial charge in [0.2, 0.25) is 15.9 Å². The highest BCUT2D eigenvalue weighted by molar-refractivity contribution is 7.89. The van der Waals surface area contributed by atoms with Crippen LogP contribution in [-0.2, 0) is 14.8 Å². The summed E-state index contributed by atoms with van der Waals surface area (Å²) >= 11 is 0. The second-order valence-corrected chi connectivity index (χ2v) is 6.85. The molecule has 100 valence electrons. The van der Waals surface area contributed by atoms with Gasteiger partial charge in [0.1, 0.15) is 0 Å². The van der Waals surface area contributed by atoms with E-state index >= 15 is 0 Å². The number of hydrogen-bond acceptors (Lipinski definition) is 4. The van der Waals surface area contributed by atoms with Gasteiger partial charge in [0.25, 0.3) is 0 Å². The molecule has 0 aromatic heterocycles. The Morgan fingerprint density at radius 3 is 2.53 bits per heavy atom. The van der Waals surface area contributed by atoms with Gasteiger partial charge in [-0.3, -0.25) is 4.79 Å². The zero-order valence-corrected chi connectivity index (χ0v) is 11.2. The highest BCUT2D eigenvalue weighted by Gasteiger charge is 2.45. The van der Waals surface area contributed by atoms with E-state index in [0.29, 0.717) is 19.5 Å². The van der Waals surface area contributed by atoms with Crippen LogP contribution in [0.4, 0.5) is 0 Å². The van der Waals surface area contributed by atoms with Gasteiger partial charge in [-0.2, -0.15) is 0 Å². The number of rotatable bonds is 7. The summed E-state index contributed by atoms with van der Waals surface area (Å²) < 4.78 is 24.1. The number of amides is 1. The van der Waals surface area contributed by atoms with Gasteiger partial charge < -0.3 is 11.1 Å². The lowest BCUT2D eigenvalue weighted by Gasteiger charge is -2.16. The Morgan fingerprint density at radius 1 is 1.47 bits per heavy atom. The van der Waals surface area contributed by atoms with Crippen molar-refractivity contribution in [2.24, 2.45) is 5.73 Å². The molecule has 0 atom stereocenters. The molecule has 0 saturated heterocycles. The summed E-state index contributed by atoms with van der Waals surface area (Å²) in [5, 5.41) is 2.72. The molecule has 1 rings (SSSR count). The van der Waals surface area contributed by atoms with E-state index in [9.17, 15) is 13.2 Å².